The number of nitrogens with one attached hydrogen (secondary N) is 2. The van der Waals surface area contributed by atoms with Crippen LogP contribution in [-0.2, 0) is 0 Å². The van der Waals surface area contributed by atoms with E-state index in [0.717, 1.165) is 74.5 Å². The van der Waals surface area contributed by atoms with E-state index in [1.165, 1.54) is 6.42 Å². The Kier molecular flexibility index (Phi) is 4.37. The molecule has 2 N–H and O–H groups in total. The maximum Gasteiger partial charge on any atom is 0.322 e. The molecule has 2 aliphatic heterocycles. The van der Waals surface area contributed by atoms with Gasteiger partial charge in [0.2, 0.25) is 0 Å². The molecule has 0 radical (unpaired) electrons. The van der Waals surface area contributed by atoms with Gasteiger partial charge in [0, 0.05) is 43.5 Å². The zero-order valence-electron chi connectivity index (χ0n) is 15.9. The second kappa shape index (κ2) is 7.04. The fourth-order valence-corrected chi connectivity index (χ4v) is 4.58. The monoisotopic (exact) mass is 382 g/mol. The molecule has 3 heterocycles. The van der Waals surface area contributed by atoms with E-state index in [4.69, 9.17) is 9.47 Å². The minimum Gasteiger partial charge on any atom is -0.448 e. The molecule has 2 amide bonds. The first kappa shape index (κ1) is 17.4. The van der Waals surface area contributed by atoms with Crippen LogP contribution in [0.2, 0.25) is 0 Å². The summed E-state index contributed by atoms with van der Waals surface area (Å²) in [5, 5.41) is 3.03. The Bertz CT molecular complexity index is 845. The largest absolute Gasteiger partial charge is 0.448 e. The van der Waals surface area contributed by atoms with Gasteiger partial charge in [-0.25, -0.2) is 9.78 Å². The second-order valence-electron chi connectivity index (χ2n) is 7.95. The Hall–Kier alpha value is -2.70. The number of aromatic nitrogens is 2. The van der Waals surface area contributed by atoms with Gasteiger partial charge in [-0.15, -0.1) is 0 Å². The normalized spacial score (nSPS) is 23.0. The maximum atomic E-state index is 13.0. The number of anilines is 1. The number of imidazole rings is 1. The highest BCUT2D eigenvalue weighted by Crippen LogP contribution is 2.46. The zero-order valence-corrected chi connectivity index (χ0v) is 15.9. The minimum atomic E-state index is -0.500. The van der Waals surface area contributed by atoms with Crippen LogP contribution in [-0.4, -0.2) is 33.2 Å². The van der Waals surface area contributed by atoms with Crippen LogP contribution in [0.4, 0.5) is 10.5 Å². The molecule has 1 aliphatic carbocycles. The number of carbonyl (C=O) groups excluding carboxylic acids is 1. The van der Waals surface area contributed by atoms with Gasteiger partial charge in [0.1, 0.15) is 5.82 Å². The van der Waals surface area contributed by atoms with Crippen molar-refractivity contribution in [3.63, 3.8) is 0 Å². The van der Waals surface area contributed by atoms with E-state index < -0.39 is 5.79 Å². The predicted molar refractivity (Wildman–Crippen MR) is 104 cm³/mol. The summed E-state index contributed by atoms with van der Waals surface area (Å²) in [6, 6.07) is 5.54. The van der Waals surface area contributed by atoms with Gasteiger partial charge in [0.15, 0.2) is 11.5 Å². The molecule has 0 bridgehead atoms. The summed E-state index contributed by atoms with van der Waals surface area (Å²) in [5.74, 6) is 1.84. The summed E-state index contributed by atoms with van der Waals surface area (Å²) >= 11 is 0. The number of hydrogen-bond acceptors (Lipinski definition) is 4. The molecule has 28 heavy (non-hydrogen) atoms. The fourth-order valence-electron chi connectivity index (χ4n) is 4.58. The number of piperidine rings is 1. The van der Waals surface area contributed by atoms with Crippen molar-refractivity contribution in [1.29, 1.82) is 0 Å². The third-order valence-electron chi connectivity index (χ3n) is 6.00. The van der Waals surface area contributed by atoms with Crippen molar-refractivity contribution >= 4 is 11.7 Å². The average molecular weight is 382 g/mol. The lowest BCUT2D eigenvalue weighted by atomic mass is 9.94. The van der Waals surface area contributed by atoms with E-state index >= 15 is 0 Å². The molecule has 1 saturated carbocycles. The average Bonchev–Trinajstić information content (AvgIpc) is 3.36. The summed E-state index contributed by atoms with van der Waals surface area (Å²) in [7, 11) is 0. The number of fused-ring (bicyclic) bond motifs is 1. The molecule has 2 fully saturated rings. The molecular formula is C21H26N4O3. The maximum absolute atomic E-state index is 13.0. The summed E-state index contributed by atoms with van der Waals surface area (Å²) < 4.78 is 12.3. The molecule has 5 rings (SSSR count). The highest BCUT2D eigenvalue weighted by molar-refractivity contribution is 5.90. The third kappa shape index (κ3) is 3.19. The summed E-state index contributed by atoms with van der Waals surface area (Å²) in [4.78, 5) is 22.4. The Morgan fingerprint density at radius 1 is 1.14 bits per heavy atom. The lowest BCUT2D eigenvalue weighted by molar-refractivity contribution is -0.105. The molecule has 7 nitrogen and oxygen atoms in total. The highest BCUT2D eigenvalue weighted by Gasteiger charge is 2.42. The number of benzene rings is 1. The molecule has 1 aromatic carbocycles. The molecule has 1 saturated heterocycles. The van der Waals surface area contributed by atoms with Crippen molar-refractivity contribution in [1.82, 2.24) is 14.9 Å². The van der Waals surface area contributed by atoms with E-state index in [-0.39, 0.29) is 12.1 Å². The number of urea groups is 1. The van der Waals surface area contributed by atoms with Gasteiger partial charge in [-0.05, 0) is 44.2 Å². The van der Waals surface area contributed by atoms with Crippen molar-refractivity contribution in [3.8, 4) is 11.5 Å². The summed E-state index contributed by atoms with van der Waals surface area (Å²) in [6.45, 7) is 0.727. The van der Waals surface area contributed by atoms with Gasteiger partial charge >= 0.3 is 6.03 Å². The molecule has 1 aromatic heterocycles. The first-order chi connectivity index (χ1) is 13.7. The van der Waals surface area contributed by atoms with Crippen LogP contribution < -0.4 is 14.8 Å². The number of carbonyl (C=O) groups is 1. The minimum absolute atomic E-state index is 0.0109. The lowest BCUT2D eigenvalue weighted by Gasteiger charge is -2.34. The number of aromatic amines is 1. The topological polar surface area (TPSA) is 79.5 Å². The second-order valence-corrected chi connectivity index (χ2v) is 7.95. The van der Waals surface area contributed by atoms with Gasteiger partial charge in [-0.3, -0.25) is 0 Å². The number of rotatable bonds is 2. The number of hydrogen-bond donors (Lipinski definition) is 2. The van der Waals surface area contributed by atoms with Gasteiger partial charge in [-0.2, -0.15) is 0 Å². The first-order valence-corrected chi connectivity index (χ1v) is 10.3. The van der Waals surface area contributed by atoms with E-state index in [2.05, 4.69) is 15.3 Å². The molecular weight excluding hydrogens is 356 g/mol. The van der Waals surface area contributed by atoms with Crippen LogP contribution in [0.5, 0.6) is 11.5 Å². The molecule has 148 valence electrons. The number of nitrogens with zero attached hydrogens (tertiary/aromatic N) is 2. The van der Waals surface area contributed by atoms with Crippen LogP contribution in [0.1, 0.15) is 63.2 Å². The Morgan fingerprint density at radius 3 is 2.82 bits per heavy atom. The Labute approximate surface area is 164 Å². The molecule has 1 spiro atoms. The van der Waals surface area contributed by atoms with Gasteiger partial charge in [-0.1, -0.05) is 6.42 Å². The lowest BCUT2D eigenvalue weighted by Crippen LogP contribution is -2.41. The van der Waals surface area contributed by atoms with Crippen LogP contribution in [0.3, 0.4) is 0 Å². The van der Waals surface area contributed by atoms with E-state index in [1.54, 1.807) is 12.4 Å². The van der Waals surface area contributed by atoms with E-state index in [9.17, 15) is 4.79 Å². The molecule has 7 heteroatoms. The summed E-state index contributed by atoms with van der Waals surface area (Å²) in [5.41, 5.74) is 0.726. The molecule has 1 atom stereocenters. The number of likely N-dealkylation sites (tertiary alicyclic amines) is 1. The molecule has 1 unspecified atom stereocenters. The number of H-pyrrole nitrogens is 1. The van der Waals surface area contributed by atoms with Crippen molar-refractivity contribution in [2.75, 3.05) is 11.9 Å². The van der Waals surface area contributed by atoms with Crippen LogP contribution in [0, 0.1) is 0 Å². The first-order valence-electron chi connectivity index (χ1n) is 10.3. The Morgan fingerprint density at radius 2 is 2.00 bits per heavy atom. The molecule has 3 aliphatic rings. The van der Waals surface area contributed by atoms with Gasteiger partial charge < -0.3 is 24.7 Å². The smallest absolute Gasteiger partial charge is 0.322 e. The van der Waals surface area contributed by atoms with E-state index in [1.807, 2.05) is 23.1 Å². The van der Waals surface area contributed by atoms with Crippen molar-refractivity contribution in [2.45, 2.75) is 63.2 Å². The summed E-state index contributed by atoms with van der Waals surface area (Å²) in [6.07, 6.45) is 11.9. The number of ether oxygens (including phenoxy) is 2. The van der Waals surface area contributed by atoms with Crippen LogP contribution in [0.15, 0.2) is 30.6 Å². The van der Waals surface area contributed by atoms with E-state index in [0.29, 0.717) is 0 Å². The van der Waals surface area contributed by atoms with Crippen LogP contribution in [0.25, 0.3) is 0 Å². The third-order valence-corrected chi connectivity index (χ3v) is 6.00. The zero-order chi connectivity index (χ0) is 19.0. The predicted octanol–water partition coefficient (Wildman–Crippen LogP) is 4.60. The SMILES string of the molecule is O=C(Nc1ccc2c(c1)OC1(CCCCC1)O2)N1CCCCC1c1ncc[nH]1. The van der Waals surface area contributed by atoms with Gasteiger partial charge in [0.25, 0.3) is 5.79 Å². The molecule has 2 aromatic rings. The Balaban J connectivity index is 1.30. The standard InChI is InChI=1S/C21H26N4O3/c26-20(25-13-5-2-6-16(25)19-22-11-12-23-19)24-15-7-8-17-18(14-15)28-21(27-17)9-3-1-4-10-21/h7-8,11-12,14,16H,1-6,9-10,13H2,(H,22,23)(H,24,26). The van der Waals surface area contributed by atoms with Crippen molar-refractivity contribution < 1.29 is 14.3 Å². The highest BCUT2D eigenvalue weighted by atomic mass is 16.7. The fraction of sp³-hybridized carbons (Fsp3) is 0.524. The number of amides is 2. The quantitative estimate of drug-likeness (QED) is 0.795. The van der Waals surface area contributed by atoms with Crippen LogP contribution >= 0.6 is 0 Å². The van der Waals surface area contributed by atoms with Crippen molar-refractivity contribution in [3.05, 3.63) is 36.4 Å². The van der Waals surface area contributed by atoms with Crippen molar-refractivity contribution in [2.24, 2.45) is 0 Å². The van der Waals surface area contributed by atoms with Gasteiger partial charge in [0.05, 0.1) is 6.04 Å².